The van der Waals surface area contributed by atoms with E-state index in [1.807, 2.05) is 0 Å². The molecule has 1 saturated heterocycles. The van der Waals surface area contributed by atoms with E-state index in [-0.39, 0.29) is 13.2 Å². The van der Waals surface area contributed by atoms with Crippen molar-refractivity contribution in [2.75, 3.05) is 31.7 Å². The topological polar surface area (TPSA) is 106 Å². The van der Waals surface area contributed by atoms with E-state index in [2.05, 4.69) is 28.2 Å². The second-order valence-corrected chi connectivity index (χ2v) is 13.3. The number of phosphoric acid groups is 1. The first-order valence-corrected chi connectivity index (χ1v) is 18.8. The molecule has 1 rings (SSSR count). The summed E-state index contributed by atoms with van der Waals surface area (Å²) in [5.74, 6) is 0. The van der Waals surface area contributed by atoms with Gasteiger partial charge in [-0.15, -0.1) is 0 Å². The second-order valence-electron chi connectivity index (χ2n) is 11.1. The Bertz CT molecular complexity index is 643. The first-order valence-electron chi connectivity index (χ1n) is 16.2. The molecule has 1 aliphatic heterocycles. The lowest BCUT2D eigenvalue weighted by Crippen LogP contribution is -2.43. The van der Waals surface area contributed by atoms with Crippen LogP contribution in [0.3, 0.4) is 0 Å². The first kappa shape index (κ1) is 37.8. The number of carbonyl (C=O) groups excluding carboxylic acids is 1. The minimum absolute atomic E-state index is 0.107. The van der Waals surface area contributed by atoms with Crippen molar-refractivity contribution in [1.29, 1.82) is 0 Å². The van der Waals surface area contributed by atoms with Crippen LogP contribution in [0.25, 0.3) is 0 Å². The minimum Gasteiger partial charge on any atom is -0.756 e. The van der Waals surface area contributed by atoms with Crippen LogP contribution in [-0.4, -0.2) is 50.0 Å². The van der Waals surface area contributed by atoms with Gasteiger partial charge in [0.25, 0.3) is 7.82 Å². The zero-order chi connectivity index (χ0) is 29.2. The number of rotatable bonds is 27. The van der Waals surface area contributed by atoms with Crippen molar-refractivity contribution in [1.82, 2.24) is 5.32 Å². The number of hydrogen-bond donors (Lipinski definition) is 1. The molecule has 1 unspecified atom stereocenters. The highest BCUT2D eigenvalue weighted by Crippen LogP contribution is 2.39. The smallest absolute Gasteiger partial charge is 0.407 e. The van der Waals surface area contributed by atoms with Gasteiger partial charge in [-0.05, 0) is 32.1 Å². The summed E-state index contributed by atoms with van der Waals surface area (Å²) in [6.07, 6.45) is 22.9. The van der Waals surface area contributed by atoms with Crippen LogP contribution in [0.4, 0.5) is 4.79 Å². The Kier molecular flexibility index (Phi) is 25.0. The molecule has 0 aromatic heterocycles. The van der Waals surface area contributed by atoms with Crippen molar-refractivity contribution in [3.05, 3.63) is 0 Å². The highest BCUT2D eigenvalue weighted by atomic mass is 79.9. The quantitative estimate of drug-likeness (QED) is 0.0537. The molecule has 0 spiro atoms. The fourth-order valence-electron chi connectivity index (χ4n) is 4.90. The maximum atomic E-state index is 12.3. The van der Waals surface area contributed by atoms with Crippen LogP contribution in [0, 0.1) is 0 Å². The van der Waals surface area contributed by atoms with Gasteiger partial charge in [-0.25, -0.2) is 4.79 Å². The van der Waals surface area contributed by atoms with E-state index in [0.717, 1.165) is 43.9 Å². The molecule has 1 aliphatic rings. The van der Waals surface area contributed by atoms with E-state index in [1.54, 1.807) is 0 Å². The second kappa shape index (κ2) is 26.4. The molecule has 0 aromatic rings. The number of ether oxygens (including phenoxy) is 2. The molecule has 1 amide bonds. The summed E-state index contributed by atoms with van der Waals surface area (Å²) in [6, 6.07) is 0. The summed E-state index contributed by atoms with van der Waals surface area (Å²) in [5.41, 5.74) is 0. The molecule has 1 fully saturated rings. The van der Waals surface area contributed by atoms with Crippen molar-refractivity contribution in [2.45, 2.75) is 154 Å². The van der Waals surface area contributed by atoms with E-state index in [1.165, 1.54) is 83.5 Å². The van der Waals surface area contributed by atoms with E-state index in [0.29, 0.717) is 26.0 Å². The number of carbonyl (C=O) groups is 1. The zero-order valence-electron chi connectivity index (χ0n) is 25.2. The summed E-state index contributed by atoms with van der Waals surface area (Å²) in [7, 11) is -4.42. The number of phosphoric ester groups is 1. The van der Waals surface area contributed by atoms with E-state index in [9.17, 15) is 14.3 Å². The summed E-state index contributed by atoms with van der Waals surface area (Å²) < 4.78 is 33.2. The van der Waals surface area contributed by atoms with Crippen LogP contribution in [0.2, 0.25) is 0 Å². The summed E-state index contributed by atoms with van der Waals surface area (Å²) >= 11 is 3.38. The predicted octanol–water partition coefficient (Wildman–Crippen LogP) is 8.59. The van der Waals surface area contributed by atoms with Crippen LogP contribution in [0.1, 0.15) is 142 Å². The molecular formula is C30H58BrNO7P-. The molecule has 238 valence electrons. The van der Waals surface area contributed by atoms with Crippen molar-refractivity contribution in [3.8, 4) is 0 Å². The molecule has 0 radical (unpaired) electrons. The molecule has 40 heavy (non-hydrogen) atoms. The number of halogens is 1. The summed E-state index contributed by atoms with van der Waals surface area (Å²) in [6.45, 7) is 3.21. The van der Waals surface area contributed by atoms with Gasteiger partial charge in [-0.1, -0.05) is 126 Å². The Morgan fingerprint density at radius 1 is 0.850 bits per heavy atom. The number of amides is 1. The lowest BCUT2D eigenvalue weighted by molar-refractivity contribution is -0.229. The molecular weight excluding hydrogens is 597 g/mol. The maximum Gasteiger partial charge on any atom is 0.407 e. The first-order chi connectivity index (χ1) is 19.5. The van der Waals surface area contributed by atoms with Crippen molar-refractivity contribution < 1.29 is 32.8 Å². The van der Waals surface area contributed by atoms with Gasteiger partial charge in [0.05, 0.1) is 13.2 Å². The molecule has 0 bridgehead atoms. The van der Waals surface area contributed by atoms with Crippen LogP contribution < -0.4 is 10.2 Å². The largest absolute Gasteiger partial charge is 0.756 e. The SMILES string of the molecule is CCCCCCCCCCCCCCCCCNC(=O)O[C@@H]1CCCO[C@H]1COP(=O)([O-])OCCCCCCBr. The fourth-order valence-corrected chi connectivity index (χ4v) is 6.05. The van der Waals surface area contributed by atoms with Crippen LogP contribution in [0.15, 0.2) is 0 Å². The van der Waals surface area contributed by atoms with Gasteiger partial charge >= 0.3 is 6.09 Å². The van der Waals surface area contributed by atoms with Crippen molar-refractivity contribution in [3.63, 3.8) is 0 Å². The number of alkyl halides is 1. The van der Waals surface area contributed by atoms with Gasteiger partial charge < -0.3 is 28.7 Å². The van der Waals surface area contributed by atoms with Crippen LogP contribution in [0.5, 0.6) is 0 Å². The molecule has 0 saturated carbocycles. The summed E-state index contributed by atoms with van der Waals surface area (Å²) in [4.78, 5) is 24.3. The number of unbranched alkanes of at least 4 members (excludes halogenated alkanes) is 17. The Balaban J connectivity index is 2.04. The predicted molar refractivity (Wildman–Crippen MR) is 164 cm³/mol. The normalized spacial score (nSPS) is 18.9. The third kappa shape index (κ3) is 22.4. The average Bonchev–Trinajstić information content (AvgIpc) is 2.94. The Morgan fingerprint density at radius 3 is 2.00 bits per heavy atom. The van der Waals surface area contributed by atoms with Gasteiger partial charge in [0.2, 0.25) is 0 Å². The number of hydrogen-bond acceptors (Lipinski definition) is 7. The molecule has 0 aliphatic carbocycles. The van der Waals surface area contributed by atoms with Gasteiger partial charge in [-0.2, -0.15) is 0 Å². The van der Waals surface area contributed by atoms with E-state index < -0.39 is 26.1 Å². The lowest BCUT2D eigenvalue weighted by atomic mass is 10.0. The third-order valence-corrected chi connectivity index (χ3v) is 8.89. The zero-order valence-corrected chi connectivity index (χ0v) is 27.7. The van der Waals surface area contributed by atoms with Crippen LogP contribution >= 0.6 is 23.8 Å². The van der Waals surface area contributed by atoms with Gasteiger partial charge in [-0.3, -0.25) is 4.57 Å². The van der Waals surface area contributed by atoms with Crippen molar-refractivity contribution >= 4 is 29.8 Å². The monoisotopic (exact) mass is 654 g/mol. The maximum absolute atomic E-state index is 12.3. The molecule has 3 atom stereocenters. The van der Waals surface area contributed by atoms with Crippen LogP contribution in [-0.2, 0) is 23.1 Å². The summed E-state index contributed by atoms with van der Waals surface area (Å²) in [5, 5.41) is 3.76. The Morgan fingerprint density at radius 2 is 1.40 bits per heavy atom. The highest BCUT2D eigenvalue weighted by molar-refractivity contribution is 9.09. The fraction of sp³-hybridized carbons (Fsp3) is 0.967. The van der Waals surface area contributed by atoms with Crippen molar-refractivity contribution in [2.24, 2.45) is 0 Å². The highest BCUT2D eigenvalue weighted by Gasteiger charge is 2.30. The Hall–Kier alpha value is -0.180. The molecule has 0 aromatic carbocycles. The molecule has 1 N–H and O–H groups in total. The molecule has 10 heteroatoms. The number of alkyl carbamates (subject to hydrolysis) is 1. The Labute approximate surface area is 253 Å². The third-order valence-electron chi connectivity index (χ3n) is 7.36. The van der Waals surface area contributed by atoms with Gasteiger partial charge in [0.1, 0.15) is 12.2 Å². The van der Waals surface area contributed by atoms with E-state index in [4.69, 9.17) is 18.5 Å². The lowest BCUT2D eigenvalue weighted by Gasteiger charge is -2.33. The minimum atomic E-state index is -4.42. The van der Waals surface area contributed by atoms with Gasteiger partial charge in [0, 0.05) is 18.5 Å². The van der Waals surface area contributed by atoms with Gasteiger partial charge in [0.15, 0.2) is 0 Å². The standard InChI is InChI=1S/C30H59BrNO7P/c1-2-3-4-5-6-7-8-9-10-11-12-13-14-16-19-24-32-30(33)39-28-22-21-25-36-29(28)27-38-40(34,35)37-26-20-17-15-18-23-31/h28-29H,2-27H2,1H3,(H,32,33)(H,34,35)/p-1/t28-,29+/m1/s1. The number of nitrogens with one attached hydrogen (secondary N) is 1. The molecule has 8 nitrogen and oxygen atoms in total. The molecule has 1 heterocycles. The van der Waals surface area contributed by atoms with E-state index >= 15 is 0 Å². The average molecular weight is 656 g/mol.